The fourth-order valence-electron chi connectivity index (χ4n) is 2.79. The molecule has 24 heavy (non-hydrogen) atoms. The van der Waals surface area contributed by atoms with Crippen molar-refractivity contribution >= 4 is 22.6 Å². The van der Waals surface area contributed by atoms with Gasteiger partial charge in [0.1, 0.15) is 11.3 Å². The van der Waals surface area contributed by atoms with Crippen LogP contribution >= 0.6 is 11.6 Å². The number of benzene rings is 1. The minimum absolute atomic E-state index is 0.340. The number of rotatable bonds is 9. The van der Waals surface area contributed by atoms with E-state index >= 15 is 0 Å². The van der Waals surface area contributed by atoms with Gasteiger partial charge < -0.3 is 9.15 Å². The Labute approximate surface area is 148 Å². The second-order valence-corrected chi connectivity index (χ2v) is 6.46. The van der Waals surface area contributed by atoms with Crippen molar-refractivity contribution in [1.82, 2.24) is 4.90 Å². The lowest BCUT2D eigenvalue weighted by molar-refractivity contribution is 0.257. The summed E-state index contributed by atoms with van der Waals surface area (Å²) in [7, 11) is 1.55. The number of hydrogen-bond donors (Lipinski definition) is 0. The Bertz CT molecular complexity index is 718. The molecule has 0 saturated carbocycles. The zero-order chi connectivity index (χ0) is 17.5. The van der Waals surface area contributed by atoms with E-state index in [4.69, 9.17) is 20.8 Å². The number of halogens is 1. The summed E-state index contributed by atoms with van der Waals surface area (Å²) in [5.74, 6) is 0.512. The maximum Gasteiger partial charge on any atom is 0.336 e. The van der Waals surface area contributed by atoms with Crippen LogP contribution in [0.4, 0.5) is 0 Å². The van der Waals surface area contributed by atoms with Crippen LogP contribution in [0.2, 0.25) is 5.02 Å². The van der Waals surface area contributed by atoms with E-state index in [9.17, 15) is 4.79 Å². The average Bonchev–Trinajstić information content (AvgIpc) is 2.57. The summed E-state index contributed by atoms with van der Waals surface area (Å²) < 4.78 is 10.5. The van der Waals surface area contributed by atoms with Gasteiger partial charge in [-0.3, -0.25) is 4.90 Å². The lowest BCUT2D eigenvalue weighted by atomic mass is 10.1. The van der Waals surface area contributed by atoms with E-state index in [1.807, 2.05) is 6.07 Å². The lowest BCUT2D eigenvalue weighted by Crippen LogP contribution is -2.26. The van der Waals surface area contributed by atoms with Crippen LogP contribution in [0.1, 0.15) is 45.1 Å². The molecule has 0 spiro atoms. The van der Waals surface area contributed by atoms with Crippen molar-refractivity contribution in [3.05, 3.63) is 39.2 Å². The molecular formula is C19H26ClNO3. The molecule has 0 N–H and O–H groups in total. The Kier molecular flexibility index (Phi) is 7.13. The summed E-state index contributed by atoms with van der Waals surface area (Å²) in [5.41, 5.74) is 1.13. The van der Waals surface area contributed by atoms with Gasteiger partial charge in [0.25, 0.3) is 0 Å². The Morgan fingerprint density at radius 2 is 1.79 bits per heavy atom. The van der Waals surface area contributed by atoms with Gasteiger partial charge in [-0.15, -0.1) is 0 Å². The van der Waals surface area contributed by atoms with Gasteiger partial charge in [0, 0.05) is 24.1 Å². The van der Waals surface area contributed by atoms with Crippen molar-refractivity contribution in [2.75, 3.05) is 20.2 Å². The van der Waals surface area contributed by atoms with E-state index in [-0.39, 0.29) is 5.63 Å². The van der Waals surface area contributed by atoms with Crippen LogP contribution in [-0.2, 0) is 6.54 Å². The Balaban J connectivity index is 2.38. The van der Waals surface area contributed by atoms with Gasteiger partial charge in [0.2, 0.25) is 0 Å². The van der Waals surface area contributed by atoms with Gasteiger partial charge in [-0.25, -0.2) is 4.79 Å². The van der Waals surface area contributed by atoms with Crippen LogP contribution in [0.5, 0.6) is 5.75 Å². The van der Waals surface area contributed by atoms with Crippen LogP contribution in [0.15, 0.2) is 27.4 Å². The topological polar surface area (TPSA) is 42.7 Å². The second kappa shape index (κ2) is 9.09. The molecule has 132 valence electrons. The maximum absolute atomic E-state index is 11.9. The molecule has 0 aliphatic carbocycles. The standard InChI is InChI=1S/C19H26ClNO3/c1-4-6-8-21(9-7-5-2)13-14-10-19(22)24-17-12-18(23-3)16(20)11-15(14)17/h10-12H,4-9,13H2,1-3H3. The van der Waals surface area contributed by atoms with E-state index in [0.29, 0.717) is 16.4 Å². The first-order chi connectivity index (χ1) is 11.6. The first kappa shape index (κ1) is 18.8. The third-order valence-electron chi connectivity index (χ3n) is 4.15. The van der Waals surface area contributed by atoms with Gasteiger partial charge in [0.15, 0.2) is 0 Å². The zero-order valence-corrected chi connectivity index (χ0v) is 15.5. The summed E-state index contributed by atoms with van der Waals surface area (Å²) in [6, 6.07) is 5.09. The molecular weight excluding hydrogens is 326 g/mol. The minimum atomic E-state index is -0.340. The number of fused-ring (bicyclic) bond motifs is 1. The van der Waals surface area contributed by atoms with Crippen molar-refractivity contribution < 1.29 is 9.15 Å². The molecule has 0 amide bonds. The predicted octanol–water partition coefficient (Wildman–Crippen LogP) is 4.86. The number of nitrogens with zero attached hydrogens (tertiary/aromatic N) is 1. The number of methoxy groups -OCH3 is 1. The van der Waals surface area contributed by atoms with Gasteiger partial charge in [0.05, 0.1) is 12.1 Å². The van der Waals surface area contributed by atoms with E-state index < -0.39 is 0 Å². The second-order valence-electron chi connectivity index (χ2n) is 6.06. The van der Waals surface area contributed by atoms with Crippen molar-refractivity contribution in [1.29, 1.82) is 0 Å². The van der Waals surface area contributed by atoms with Crippen LogP contribution in [-0.4, -0.2) is 25.1 Å². The fraction of sp³-hybridized carbons (Fsp3) is 0.526. The highest BCUT2D eigenvalue weighted by Crippen LogP contribution is 2.31. The van der Waals surface area contributed by atoms with Crippen LogP contribution in [0.25, 0.3) is 11.0 Å². The fourth-order valence-corrected chi connectivity index (χ4v) is 3.03. The van der Waals surface area contributed by atoms with Gasteiger partial charge in [-0.2, -0.15) is 0 Å². The van der Waals surface area contributed by atoms with E-state index in [2.05, 4.69) is 18.7 Å². The summed E-state index contributed by atoms with van der Waals surface area (Å²) in [5, 5.41) is 1.40. The molecule has 0 atom stereocenters. The van der Waals surface area contributed by atoms with Gasteiger partial charge in [-0.1, -0.05) is 38.3 Å². The molecule has 1 heterocycles. The first-order valence-electron chi connectivity index (χ1n) is 8.61. The third-order valence-corrected chi connectivity index (χ3v) is 4.45. The molecule has 4 nitrogen and oxygen atoms in total. The van der Waals surface area contributed by atoms with Crippen LogP contribution in [0, 0.1) is 0 Å². The third kappa shape index (κ3) is 4.74. The lowest BCUT2D eigenvalue weighted by Gasteiger charge is -2.22. The monoisotopic (exact) mass is 351 g/mol. The Morgan fingerprint density at radius 1 is 1.12 bits per heavy atom. The maximum atomic E-state index is 11.9. The number of unbranched alkanes of at least 4 members (excludes halogenated alkanes) is 2. The summed E-state index contributed by atoms with van der Waals surface area (Å²) >= 11 is 6.26. The molecule has 0 aliphatic rings. The largest absolute Gasteiger partial charge is 0.495 e. The molecule has 2 rings (SSSR count). The first-order valence-corrected chi connectivity index (χ1v) is 8.99. The highest BCUT2D eigenvalue weighted by molar-refractivity contribution is 6.32. The Hall–Kier alpha value is -1.52. The normalized spacial score (nSPS) is 11.4. The quantitative estimate of drug-likeness (QED) is 0.605. The van der Waals surface area contributed by atoms with Crippen molar-refractivity contribution in [3.63, 3.8) is 0 Å². The molecule has 0 fully saturated rings. The Morgan fingerprint density at radius 3 is 2.38 bits per heavy atom. The minimum Gasteiger partial charge on any atom is -0.495 e. The van der Waals surface area contributed by atoms with E-state index in [0.717, 1.165) is 56.3 Å². The molecule has 5 heteroatoms. The molecule has 0 aliphatic heterocycles. The summed E-state index contributed by atoms with van der Waals surface area (Å²) in [6.45, 7) is 7.17. The summed E-state index contributed by atoms with van der Waals surface area (Å²) in [6.07, 6.45) is 4.61. The van der Waals surface area contributed by atoms with E-state index in [1.54, 1.807) is 19.2 Å². The number of ether oxygens (including phenoxy) is 1. The highest BCUT2D eigenvalue weighted by atomic mass is 35.5. The summed E-state index contributed by atoms with van der Waals surface area (Å²) in [4.78, 5) is 14.3. The van der Waals surface area contributed by atoms with Gasteiger partial charge >= 0.3 is 5.63 Å². The van der Waals surface area contributed by atoms with Crippen LogP contribution < -0.4 is 10.4 Å². The van der Waals surface area contributed by atoms with Crippen molar-refractivity contribution in [3.8, 4) is 5.75 Å². The SMILES string of the molecule is CCCCN(CCCC)Cc1cc(=O)oc2cc(OC)c(Cl)cc12. The average molecular weight is 352 g/mol. The molecule has 0 bridgehead atoms. The molecule has 0 saturated heterocycles. The van der Waals surface area contributed by atoms with E-state index in [1.165, 1.54) is 0 Å². The molecule has 1 aromatic heterocycles. The smallest absolute Gasteiger partial charge is 0.336 e. The van der Waals surface area contributed by atoms with Crippen molar-refractivity contribution in [2.24, 2.45) is 0 Å². The molecule has 0 radical (unpaired) electrons. The molecule has 0 unspecified atom stereocenters. The number of hydrogen-bond acceptors (Lipinski definition) is 4. The van der Waals surface area contributed by atoms with Crippen molar-refractivity contribution in [2.45, 2.75) is 46.1 Å². The van der Waals surface area contributed by atoms with Gasteiger partial charge in [-0.05, 0) is 37.6 Å². The molecule has 1 aromatic carbocycles. The molecule has 2 aromatic rings. The zero-order valence-electron chi connectivity index (χ0n) is 14.7. The predicted molar refractivity (Wildman–Crippen MR) is 99.1 cm³/mol. The van der Waals surface area contributed by atoms with Crippen LogP contribution in [0.3, 0.4) is 0 Å². The highest BCUT2D eigenvalue weighted by Gasteiger charge is 2.13.